The van der Waals surface area contributed by atoms with Crippen molar-refractivity contribution >= 4 is 11.5 Å². The molecule has 0 amide bonds. The van der Waals surface area contributed by atoms with Gasteiger partial charge in [-0.2, -0.15) is 0 Å². The Balaban J connectivity index is 2.10. The van der Waals surface area contributed by atoms with E-state index in [1.54, 1.807) is 6.20 Å². The molecule has 1 aromatic heterocycles. The lowest BCUT2D eigenvalue weighted by molar-refractivity contribution is 0.212. The molecule has 4 nitrogen and oxygen atoms in total. The van der Waals surface area contributed by atoms with E-state index in [4.69, 9.17) is 5.73 Å². The summed E-state index contributed by atoms with van der Waals surface area (Å²) in [6, 6.07) is 3.79. The van der Waals surface area contributed by atoms with Gasteiger partial charge in [0, 0.05) is 25.6 Å². The van der Waals surface area contributed by atoms with Crippen molar-refractivity contribution in [2.45, 2.75) is 6.92 Å². The van der Waals surface area contributed by atoms with Crippen LogP contribution in [0.5, 0.6) is 0 Å². The number of nitrogens with two attached hydrogens (primary N) is 1. The maximum Gasteiger partial charge on any atom is 0.128 e. The lowest BCUT2D eigenvalue weighted by Crippen LogP contribution is -2.21. The van der Waals surface area contributed by atoms with E-state index >= 15 is 0 Å². The minimum atomic E-state index is 0.257. The van der Waals surface area contributed by atoms with E-state index in [0.29, 0.717) is 17.5 Å². The van der Waals surface area contributed by atoms with Crippen molar-refractivity contribution in [3.63, 3.8) is 0 Å². The molecular weight excluding hydrogens is 190 g/mol. The fourth-order valence-corrected chi connectivity index (χ4v) is 2.04. The first kappa shape index (κ1) is 10.2. The first-order valence-electron chi connectivity index (χ1n) is 5.28. The number of pyridine rings is 1. The van der Waals surface area contributed by atoms with E-state index in [-0.39, 0.29) is 6.61 Å². The monoisotopic (exact) mass is 207 g/mol. The van der Waals surface area contributed by atoms with Crippen molar-refractivity contribution in [1.29, 1.82) is 0 Å². The van der Waals surface area contributed by atoms with Crippen molar-refractivity contribution in [1.82, 2.24) is 4.98 Å². The molecule has 1 saturated heterocycles. The highest BCUT2D eigenvalue weighted by Crippen LogP contribution is 2.26. The van der Waals surface area contributed by atoms with Gasteiger partial charge in [0.2, 0.25) is 0 Å². The van der Waals surface area contributed by atoms with Crippen molar-refractivity contribution < 1.29 is 5.11 Å². The summed E-state index contributed by atoms with van der Waals surface area (Å²) < 4.78 is 0. The van der Waals surface area contributed by atoms with Gasteiger partial charge in [-0.05, 0) is 18.1 Å². The molecule has 15 heavy (non-hydrogen) atoms. The minimum absolute atomic E-state index is 0.257. The number of hydrogen-bond donors (Lipinski definition) is 2. The number of nitrogens with zero attached hydrogens (tertiary/aromatic N) is 2. The van der Waals surface area contributed by atoms with Crippen LogP contribution in [-0.4, -0.2) is 29.8 Å². The fourth-order valence-electron chi connectivity index (χ4n) is 2.04. The number of hydrogen-bond acceptors (Lipinski definition) is 4. The van der Waals surface area contributed by atoms with E-state index < -0.39 is 0 Å². The molecule has 1 fully saturated rings. The molecule has 1 aliphatic rings. The summed E-state index contributed by atoms with van der Waals surface area (Å²) in [6.45, 7) is 4.27. The Bertz CT molecular complexity index is 325. The second-order valence-corrected chi connectivity index (χ2v) is 4.27. The first-order chi connectivity index (χ1) is 7.20. The van der Waals surface area contributed by atoms with Gasteiger partial charge in [-0.3, -0.25) is 0 Å². The van der Waals surface area contributed by atoms with Crippen LogP contribution < -0.4 is 10.6 Å². The number of anilines is 2. The predicted octanol–water partition coefficient (Wildman–Crippen LogP) is 0.728. The zero-order valence-electron chi connectivity index (χ0n) is 8.93. The van der Waals surface area contributed by atoms with E-state index in [9.17, 15) is 5.11 Å². The van der Waals surface area contributed by atoms with Gasteiger partial charge in [-0.25, -0.2) is 4.98 Å². The van der Waals surface area contributed by atoms with Gasteiger partial charge in [-0.1, -0.05) is 6.92 Å². The van der Waals surface area contributed by atoms with Crippen LogP contribution in [0.2, 0.25) is 0 Å². The van der Waals surface area contributed by atoms with Gasteiger partial charge < -0.3 is 15.7 Å². The third-order valence-electron chi connectivity index (χ3n) is 3.10. The summed E-state index contributed by atoms with van der Waals surface area (Å²) in [4.78, 5) is 6.48. The summed E-state index contributed by atoms with van der Waals surface area (Å²) in [6.07, 6.45) is 1.67. The Kier molecular flexibility index (Phi) is 2.77. The molecule has 2 rings (SSSR count). The molecule has 0 aromatic carbocycles. The average molecular weight is 207 g/mol. The van der Waals surface area contributed by atoms with Crippen molar-refractivity contribution in [2.24, 2.45) is 11.8 Å². The van der Waals surface area contributed by atoms with Crippen molar-refractivity contribution in [2.75, 3.05) is 30.3 Å². The van der Waals surface area contributed by atoms with Crippen LogP contribution in [0.15, 0.2) is 18.3 Å². The molecule has 1 aliphatic heterocycles. The van der Waals surface area contributed by atoms with Gasteiger partial charge in [-0.15, -0.1) is 0 Å². The molecule has 2 atom stereocenters. The molecule has 3 N–H and O–H groups in total. The van der Waals surface area contributed by atoms with Crippen LogP contribution in [-0.2, 0) is 0 Å². The highest BCUT2D eigenvalue weighted by molar-refractivity contribution is 5.46. The Morgan fingerprint density at radius 2 is 2.33 bits per heavy atom. The quantitative estimate of drug-likeness (QED) is 0.750. The summed E-state index contributed by atoms with van der Waals surface area (Å²) in [5, 5.41) is 9.18. The number of aromatic nitrogens is 1. The van der Waals surface area contributed by atoms with E-state index in [0.717, 1.165) is 18.9 Å². The number of aliphatic hydroxyl groups is 1. The largest absolute Gasteiger partial charge is 0.397 e. The lowest BCUT2D eigenvalue weighted by atomic mass is 10.00. The maximum atomic E-state index is 9.18. The van der Waals surface area contributed by atoms with Crippen LogP contribution in [0.4, 0.5) is 11.5 Å². The van der Waals surface area contributed by atoms with Gasteiger partial charge in [0.15, 0.2) is 0 Å². The van der Waals surface area contributed by atoms with Gasteiger partial charge in [0.1, 0.15) is 5.82 Å². The smallest absolute Gasteiger partial charge is 0.128 e. The fraction of sp³-hybridized carbons (Fsp3) is 0.545. The van der Waals surface area contributed by atoms with Crippen molar-refractivity contribution in [3.8, 4) is 0 Å². The molecule has 2 heterocycles. The predicted molar refractivity (Wildman–Crippen MR) is 60.6 cm³/mol. The zero-order chi connectivity index (χ0) is 10.8. The Hall–Kier alpha value is -1.29. The van der Waals surface area contributed by atoms with Gasteiger partial charge >= 0.3 is 0 Å². The normalized spacial score (nSPS) is 25.9. The van der Waals surface area contributed by atoms with Gasteiger partial charge in [0.05, 0.1) is 11.9 Å². The molecule has 0 aliphatic carbocycles. The molecule has 4 heteroatoms. The van der Waals surface area contributed by atoms with Crippen LogP contribution in [0.25, 0.3) is 0 Å². The zero-order valence-corrected chi connectivity index (χ0v) is 8.93. The third-order valence-corrected chi connectivity index (χ3v) is 3.10. The lowest BCUT2D eigenvalue weighted by Gasteiger charge is -2.16. The first-order valence-corrected chi connectivity index (χ1v) is 5.28. The highest BCUT2D eigenvalue weighted by Gasteiger charge is 2.29. The molecule has 0 saturated carbocycles. The van der Waals surface area contributed by atoms with Crippen LogP contribution in [0.3, 0.4) is 0 Å². The molecule has 0 radical (unpaired) electrons. The average Bonchev–Trinajstić information content (AvgIpc) is 2.61. The topological polar surface area (TPSA) is 62.4 Å². The third kappa shape index (κ3) is 2.04. The number of nitrogen functional groups attached to an aromatic ring is 1. The minimum Gasteiger partial charge on any atom is -0.397 e. The molecule has 82 valence electrons. The SMILES string of the molecule is C[C@@H]1CN(c2ccc(N)cn2)C[C@H]1CO. The number of rotatable bonds is 2. The second kappa shape index (κ2) is 4.06. The van der Waals surface area contributed by atoms with E-state index in [2.05, 4.69) is 16.8 Å². The maximum absolute atomic E-state index is 9.18. The summed E-state index contributed by atoms with van der Waals surface area (Å²) in [5.41, 5.74) is 6.27. The Labute approximate surface area is 89.7 Å². The van der Waals surface area contributed by atoms with Crippen molar-refractivity contribution in [3.05, 3.63) is 18.3 Å². The number of aliphatic hydroxyl groups excluding tert-OH is 1. The molecule has 1 aromatic rings. The van der Waals surface area contributed by atoms with Crippen LogP contribution >= 0.6 is 0 Å². The standard InChI is InChI=1S/C11H17N3O/c1-8-5-14(6-9(8)7-15)11-3-2-10(12)4-13-11/h2-4,8-9,15H,5-7,12H2,1H3/t8-,9+/m1/s1. The highest BCUT2D eigenvalue weighted by atomic mass is 16.3. The second-order valence-electron chi connectivity index (χ2n) is 4.27. The molecule has 0 spiro atoms. The molecule has 0 unspecified atom stereocenters. The van der Waals surface area contributed by atoms with Gasteiger partial charge in [0.25, 0.3) is 0 Å². The van der Waals surface area contributed by atoms with Crippen LogP contribution in [0.1, 0.15) is 6.92 Å². The molecule has 0 bridgehead atoms. The van der Waals surface area contributed by atoms with Crippen LogP contribution in [0, 0.1) is 11.8 Å². The Morgan fingerprint density at radius 3 is 2.87 bits per heavy atom. The Morgan fingerprint density at radius 1 is 1.53 bits per heavy atom. The van der Waals surface area contributed by atoms with E-state index in [1.165, 1.54) is 0 Å². The molecular formula is C11H17N3O. The van der Waals surface area contributed by atoms with E-state index in [1.807, 2.05) is 12.1 Å². The summed E-state index contributed by atoms with van der Waals surface area (Å²) >= 11 is 0. The summed E-state index contributed by atoms with van der Waals surface area (Å²) in [7, 11) is 0. The summed E-state index contributed by atoms with van der Waals surface area (Å²) in [5.74, 6) is 1.84.